The quantitative estimate of drug-likeness (QED) is 0.701. The van der Waals surface area contributed by atoms with Gasteiger partial charge >= 0.3 is 13.3 Å². The smallest absolute Gasteiger partial charge is 0.399 e. The molecule has 3 rings (SSSR count). The molecule has 29 heavy (non-hydrogen) atoms. The number of hydrogen-bond donors (Lipinski definition) is 0. The third kappa shape index (κ3) is 3.59. The van der Waals surface area contributed by atoms with Crippen LogP contribution in [0.4, 0.5) is 13.2 Å². The number of nitrogens with zero attached hydrogens (tertiary/aromatic N) is 2. The highest BCUT2D eigenvalue weighted by Gasteiger charge is 2.53. The standard InChI is InChI=1S/C18H22BF3N2O4S/c1-11-15(19-27-16(3,4)17(5,6)28-19)12(2)24(23-11)29(25,26)14-9-7-13(8-10-14)18(20,21)22/h7-10H,1-6H3. The molecule has 6 nitrogen and oxygen atoms in total. The van der Waals surface area contributed by atoms with Gasteiger partial charge in [0.15, 0.2) is 0 Å². The number of benzene rings is 1. The van der Waals surface area contributed by atoms with Crippen molar-refractivity contribution in [1.82, 2.24) is 9.19 Å². The fraction of sp³-hybridized carbons (Fsp3) is 0.500. The highest BCUT2D eigenvalue weighted by molar-refractivity contribution is 7.89. The van der Waals surface area contributed by atoms with Crippen molar-refractivity contribution in [3.63, 3.8) is 0 Å². The lowest BCUT2D eigenvalue weighted by atomic mass is 9.77. The lowest BCUT2D eigenvalue weighted by molar-refractivity contribution is -0.137. The van der Waals surface area contributed by atoms with Gasteiger partial charge in [-0.25, -0.2) is 0 Å². The monoisotopic (exact) mass is 430 g/mol. The highest BCUT2D eigenvalue weighted by Crippen LogP contribution is 2.37. The first-order chi connectivity index (χ1) is 13.1. The molecule has 1 aliphatic heterocycles. The first-order valence-electron chi connectivity index (χ1n) is 8.92. The molecule has 11 heteroatoms. The van der Waals surface area contributed by atoms with E-state index in [-0.39, 0.29) is 10.6 Å². The molecule has 0 atom stereocenters. The summed E-state index contributed by atoms with van der Waals surface area (Å²) in [6.07, 6.45) is -4.55. The van der Waals surface area contributed by atoms with Gasteiger partial charge in [0, 0.05) is 5.46 Å². The van der Waals surface area contributed by atoms with Crippen molar-refractivity contribution in [2.45, 2.75) is 63.8 Å². The van der Waals surface area contributed by atoms with E-state index in [2.05, 4.69) is 5.10 Å². The first kappa shape index (κ1) is 21.9. The Morgan fingerprint density at radius 1 is 1.00 bits per heavy atom. The summed E-state index contributed by atoms with van der Waals surface area (Å²) in [5, 5.41) is 4.12. The molecular weight excluding hydrogens is 408 g/mol. The van der Waals surface area contributed by atoms with Crippen LogP contribution in [-0.4, -0.2) is 35.9 Å². The van der Waals surface area contributed by atoms with E-state index in [1.54, 1.807) is 13.8 Å². The Balaban J connectivity index is 2.02. The largest absolute Gasteiger partial charge is 0.498 e. The van der Waals surface area contributed by atoms with E-state index in [4.69, 9.17) is 9.31 Å². The average Bonchev–Trinajstić information content (AvgIpc) is 2.98. The molecule has 1 aliphatic rings. The van der Waals surface area contributed by atoms with Gasteiger partial charge in [-0.3, -0.25) is 0 Å². The molecule has 0 N–H and O–H groups in total. The van der Waals surface area contributed by atoms with Gasteiger partial charge in [0.2, 0.25) is 0 Å². The number of rotatable bonds is 3. The third-order valence-electron chi connectivity index (χ3n) is 5.50. The molecule has 158 valence electrons. The topological polar surface area (TPSA) is 70.4 Å². The van der Waals surface area contributed by atoms with Crippen LogP contribution < -0.4 is 5.46 Å². The maximum absolute atomic E-state index is 13.0. The van der Waals surface area contributed by atoms with Crippen LogP contribution in [0.3, 0.4) is 0 Å². The van der Waals surface area contributed by atoms with E-state index < -0.39 is 40.1 Å². The van der Waals surface area contributed by atoms with E-state index in [0.29, 0.717) is 11.2 Å². The van der Waals surface area contributed by atoms with Gasteiger partial charge in [-0.2, -0.15) is 30.8 Å². The second-order valence-electron chi connectivity index (χ2n) is 8.04. The van der Waals surface area contributed by atoms with Crippen molar-refractivity contribution in [3.8, 4) is 0 Å². The molecule has 1 aromatic heterocycles. The molecule has 1 saturated heterocycles. The average molecular weight is 430 g/mol. The van der Waals surface area contributed by atoms with Gasteiger partial charge in [-0.05, 0) is 65.8 Å². The molecule has 1 fully saturated rings. The van der Waals surface area contributed by atoms with Crippen LogP contribution in [0.1, 0.15) is 44.6 Å². The molecule has 0 saturated carbocycles. The zero-order chi connectivity index (χ0) is 22.0. The molecule has 2 aromatic rings. The molecule has 0 spiro atoms. The Morgan fingerprint density at radius 3 is 1.93 bits per heavy atom. The summed E-state index contributed by atoms with van der Waals surface area (Å²) in [7, 11) is -5.00. The fourth-order valence-electron chi connectivity index (χ4n) is 3.08. The van der Waals surface area contributed by atoms with E-state index in [1.165, 1.54) is 0 Å². The summed E-state index contributed by atoms with van der Waals surface area (Å²) in [4.78, 5) is -0.295. The van der Waals surface area contributed by atoms with E-state index in [0.717, 1.165) is 28.4 Å². The summed E-state index contributed by atoms with van der Waals surface area (Å²) < 4.78 is 77.1. The van der Waals surface area contributed by atoms with Gasteiger partial charge in [-0.15, -0.1) is 0 Å². The van der Waals surface area contributed by atoms with Crippen molar-refractivity contribution in [1.29, 1.82) is 0 Å². The SMILES string of the molecule is Cc1nn(S(=O)(=O)c2ccc(C(F)(F)F)cc2)c(C)c1B1OC(C)(C)C(C)(C)O1. The van der Waals surface area contributed by atoms with Crippen LogP contribution in [0.5, 0.6) is 0 Å². The predicted molar refractivity (Wildman–Crippen MR) is 101 cm³/mol. The summed E-state index contributed by atoms with van der Waals surface area (Å²) in [6.45, 7) is 10.7. The number of aryl methyl sites for hydroxylation is 1. The normalized spacial score (nSPS) is 19.0. The van der Waals surface area contributed by atoms with E-state index >= 15 is 0 Å². The maximum Gasteiger partial charge on any atom is 0.498 e. The van der Waals surface area contributed by atoms with Gasteiger partial charge < -0.3 is 9.31 Å². The fourth-order valence-corrected chi connectivity index (χ4v) is 4.45. The number of hydrogen-bond acceptors (Lipinski definition) is 5. The van der Waals surface area contributed by atoms with E-state index in [1.807, 2.05) is 27.7 Å². The zero-order valence-corrected chi connectivity index (χ0v) is 17.8. The highest BCUT2D eigenvalue weighted by atomic mass is 32.2. The Labute approximate surface area is 168 Å². The van der Waals surface area contributed by atoms with E-state index in [9.17, 15) is 21.6 Å². The first-order valence-corrected chi connectivity index (χ1v) is 10.4. The number of halogens is 3. The molecule has 1 aromatic carbocycles. The zero-order valence-electron chi connectivity index (χ0n) is 17.0. The van der Waals surface area contributed by atoms with Crippen molar-refractivity contribution >= 4 is 22.6 Å². The van der Waals surface area contributed by atoms with Gasteiger partial charge in [0.05, 0.1) is 33.0 Å². The Bertz CT molecular complexity index is 1030. The van der Waals surface area contributed by atoms with Crippen LogP contribution in [0.2, 0.25) is 0 Å². The summed E-state index contributed by atoms with van der Waals surface area (Å²) >= 11 is 0. The predicted octanol–water partition coefficient (Wildman–Crippen LogP) is 3.05. The number of alkyl halides is 3. The summed E-state index contributed by atoms with van der Waals surface area (Å²) in [5.41, 5.74) is -1.00. The molecule has 0 amide bonds. The minimum absolute atomic E-state index is 0.279. The molecule has 0 radical (unpaired) electrons. The molecular formula is C18H22BF3N2O4S. The lowest BCUT2D eigenvalue weighted by Crippen LogP contribution is -2.41. The molecule has 2 heterocycles. The van der Waals surface area contributed by atoms with Crippen molar-refractivity contribution in [2.24, 2.45) is 0 Å². The van der Waals surface area contributed by atoms with Crippen molar-refractivity contribution in [2.75, 3.05) is 0 Å². The molecule has 0 bridgehead atoms. The molecule has 0 unspecified atom stereocenters. The van der Waals surface area contributed by atoms with Crippen LogP contribution in [0.15, 0.2) is 29.2 Å². The molecule has 0 aliphatic carbocycles. The minimum atomic E-state index is -4.55. The van der Waals surface area contributed by atoms with Crippen LogP contribution in [0, 0.1) is 13.8 Å². The van der Waals surface area contributed by atoms with Crippen LogP contribution in [-0.2, 0) is 25.5 Å². The Morgan fingerprint density at radius 2 is 1.48 bits per heavy atom. The van der Waals surface area contributed by atoms with Gasteiger partial charge in [0.1, 0.15) is 0 Å². The third-order valence-corrected chi connectivity index (χ3v) is 7.18. The van der Waals surface area contributed by atoms with Crippen LogP contribution >= 0.6 is 0 Å². The second kappa shape index (κ2) is 6.58. The van der Waals surface area contributed by atoms with Gasteiger partial charge in [0.25, 0.3) is 10.0 Å². The van der Waals surface area contributed by atoms with Gasteiger partial charge in [-0.1, -0.05) is 0 Å². The van der Waals surface area contributed by atoms with Crippen molar-refractivity contribution in [3.05, 3.63) is 41.2 Å². The van der Waals surface area contributed by atoms with Crippen LogP contribution in [0.25, 0.3) is 0 Å². The number of aromatic nitrogens is 2. The minimum Gasteiger partial charge on any atom is -0.399 e. The summed E-state index contributed by atoms with van der Waals surface area (Å²) in [5.74, 6) is 0. The lowest BCUT2D eigenvalue weighted by Gasteiger charge is -2.32. The van der Waals surface area contributed by atoms with Crippen molar-refractivity contribution < 1.29 is 30.9 Å². The Kier molecular flexibility index (Phi) is 4.96. The second-order valence-corrected chi connectivity index (χ2v) is 9.81. The summed E-state index contributed by atoms with van der Waals surface area (Å²) in [6, 6.07) is 3.30. The maximum atomic E-state index is 13.0. The Hall–Kier alpha value is -1.85.